The molecule has 20 heavy (non-hydrogen) atoms. The number of hydrogen-bond acceptors (Lipinski definition) is 2. The molecule has 1 amide bonds. The molecule has 2 atom stereocenters. The molecule has 3 heteroatoms. The summed E-state index contributed by atoms with van der Waals surface area (Å²) in [6.07, 6.45) is 1.07. The van der Waals surface area contributed by atoms with Gasteiger partial charge in [0.2, 0.25) is 0 Å². The van der Waals surface area contributed by atoms with Gasteiger partial charge in [-0.05, 0) is 38.3 Å². The molecule has 1 aromatic rings. The second-order valence-corrected chi connectivity index (χ2v) is 5.70. The lowest BCUT2D eigenvalue weighted by molar-refractivity contribution is 0.0743. The predicted molar refractivity (Wildman–Crippen MR) is 81.4 cm³/mol. The Balaban J connectivity index is 2.35. The second kappa shape index (κ2) is 6.11. The summed E-state index contributed by atoms with van der Waals surface area (Å²) in [6, 6.07) is 6.12. The Morgan fingerprint density at radius 3 is 2.80 bits per heavy atom. The zero-order valence-corrected chi connectivity index (χ0v) is 12.4. The highest BCUT2D eigenvalue weighted by atomic mass is 16.2. The van der Waals surface area contributed by atoms with Crippen molar-refractivity contribution in [3.05, 3.63) is 34.9 Å². The van der Waals surface area contributed by atoms with E-state index in [0.717, 1.165) is 24.1 Å². The first-order chi connectivity index (χ1) is 9.52. The fraction of sp³-hybridized carbons (Fsp3) is 0.471. The molecule has 3 nitrogen and oxygen atoms in total. The number of aryl methyl sites for hydroxylation is 1. The quantitative estimate of drug-likeness (QED) is 0.795. The van der Waals surface area contributed by atoms with E-state index in [-0.39, 0.29) is 5.91 Å². The first-order valence-electron chi connectivity index (χ1n) is 7.13. The first-order valence-corrected chi connectivity index (χ1v) is 7.13. The minimum absolute atomic E-state index is 0.0897. The molecular weight excluding hydrogens is 248 g/mol. The van der Waals surface area contributed by atoms with Crippen LogP contribution in [0.2, 0.25) is 0 Å². The maximum absolute atomic E-state index is 12.8. The average molecular weight is 270 g/mol. The zero-order valence-electron chi connectivity index (χ0n) is 12.4. The molecule has 0 bridgehead atoms. The van der Waals surface area contributed by atoms with Gasteiger partial charge in [0.05, 0.1) is 12.1 Å². The molecule has 2 rings (SSSR count). The van der Waals surface area contributed by atoms with Crippen molar-refractivity contribution in [1.82, 2.24) is 4.90 Å². The molecule has 1 aliphatic rings. The number of nitrogens with zero attached hydrogens (tertiary/aromatic N) is 1. The zero-order chi connectivity index (χ0) is 14.7. The summed E-state index contributed by atoms with van der Waals surface area (Å²) in [5.74, 6) is 6.50. The fourth-order valence-corrected chi connectivity index (χ4v) is 2.83. The lowest BCUT2D eigenvalue weighted by Crippen LogP contribution is -2.34. The van der Waals surface area contributed by atoms with Gasteiger partial charge in [0, 0.05) is 18.2 Å². The highest BCUT2D eigenvalue weighted by molar-refractivity contribution is 5.97. The summed E-state index contributed by atoms with van der Waals surface area (Å²) >= 11 is 0. The number of rotatable bonds is 1. The first kappa shape index (κ1) is 14.6. The third-order valence-electron chi connectivity index (χ3n) is 3.78. The molecule has 0 aliphatic carbocycles. The van der Waals surface area contributed by atoms with Crippen LogP contribution in [-0.4, -0.2) is 29.9 Å². The van der Waals surface area contributed by atoms with Crippen molar-refractivity contribution in [2.75, 3.05) is 13.1 Å². The summed E-state index contributed by atoms with van der Waals surface area (Å²) in [4.78, 5) is 14.7. The molecular formula is C17H22N2O. The van der Waals surface area contributed by atoms with Crippen LogP contribution in [0.4, 0.5) is 0 Å². The molecule has 1 saturated heterocycles. The van der Waals surface area contributed by atoms with E-state index in [0.29, 0.717) is 24.1 Å². The van der Waals surface area contributed by atoms with Gasteiger partial charge >= 0.3 is 0 Å². The maximum atomic E-state index is 12.8. The molecule has 2 unspecified atom stereocenters. The largest absolute Gasteiger partial charge is 0.336 e. The smallest absolute Gasteiger partial charge is 0.255 e. The lowest BCUT2D eigenvalue weighted by Gasteiger charge is -2.22. The van der Waals surface area contributed by atoms with Gasteiger partial charge in [0.15, 0.2) is 0 Å². The predicted octanol–water partition coefficient (Wildman–Crippen LogP) is 2.18. The van der Waals surface area contributed by atoms with Crippen molar-refractivity contribution in [3.8, 4) is 11.8 Å². The van der Waals surface area contributed by atoms with Gasteiger partial charge in [0.25, 0.3) is 5.91 Å². The topological polar surface area (TPSA) is 46.3 Å². The van der Waals surface area contributed by atoms with Crippen LogP contribution in [0.1, 0.15) is 41.8 Å². The van der Waals surface area contributed by atoms with Crippen LogP contribution in [0.3, 0.4) is 0 Å². The van der Waals surface area contributed by atoms with E-state index in [2.05, 4.69) is 25.7 Å². The third kappa shape index (κ3) is 3.02. The van der Waals surface area contributed by atoms with Gasteiger partial charge in [-0.25, -0.2) is 0 Å². The molecule has 0 spiro atoms. The van der Waals surface area contributed by atoms with Crippen molar-refractivity contribution in [2.45, 2.75) is 33.2 Å². The molecule has 2 N–H and O–H groups in total. The molecule has 1 aliphatic heterocycles. The van der Waals surface area contributed by atoms with E-state index in [4.69, 9.17) is 5.73 Å². The Hall–Kier alpha value is -1.79. The van der Waals surface area contributed by atoms with Gasteiger partial charge < -0.3 is 10.6 Å². The van der Waals surface area contributed by atoms with Crippen LogP contribution in [-0.2, 0) is 0 Å². The summed E-state index contributed by atoms with van der Waals surface area (Å²) in [7, 11) is 0. The summed E-state index contributed by atoms with van der Waals surface area (Å²) in [5.41, 5.74) is 7.98. The molecule has 1 heterocycles. The van der Waals surface area contributed by atoms with E-state index in [9.17, 15) is 4.79 Å². The van der Waals surface area contributed by atoms with E-state index in [1.165, 1.54) is 0 Å². The highest BCUT2D eigenvalue weighted by Crippen LogP contribution is 2.25. The van der Waals surface area contributed by atoms with Crippen molar-refractivity contribution < 1.29 is 4.79 Å². The minimum atomic E-state index is 0.0897. The van der Waals surface area contributed by atoms with Crippen LogP contribution < -0.4 is 5.73 Å². The van der Waals surface area contributed by atoms with Crippen molar-refractivity contribution in [1.29, 1.82) is 0 Å². The average Bonchev–Trinajstić information content (AvgIpc) is 2.75. The summed E-state index contributed by atoms with van der Waals surface area (Å²) < 4.78 is 0. The van der Waals surface area contributed by atoms with Crippen molar-refractivity contribution in [2.24, 2.45) is 11.7 Å². The molecule has 1 aromatic carbocycles. The van der Waals surface area contributed by atoms with Gasteiger partial charge in [-0.15, -0.1) is 0 Å². The Morgan fingerprint density at radius 2 is 2.20 bits per heavy atom. The van der Waals surface area contributed by atoms with E-state index in [1.54, 1.807) is 0 Å². The number of benzene rings is 1. The van der Waals surface area contributed by atoms with Crippen LogP contribution >= 0.6 is 0 Å². The van der Waals surface area contributed by atoms with Crippen LogP contribution in [0.15, 0.2) is 18.2 Å². The Bertz CT molecular complexity index is 568. The van der Waals surface area contributed by atoms with Crippen LogP contribution in [0, 0.1) is 24.7 Å². The summed E-state index contributed by atoms with van der Waals surface area (Å²) in [5, 5.41) is 0. The van der Waals surface area contributed by atoms with Crippen LogP contribution in [0.5, 0.6) is 0 Å². The van der Waals surface area contributed by atoms with Crippen LogP contribution in [0.25, 0.3) is 0 Å². The number of nitrogens with two attached hydrogens (primary N) is 1. The van der Waals surface area contributed by atoms with E-state index >= 15 is 0 Å². The number of hydrogen-bond donors (Lipinski definition) is 1. The maximum Gasteiger partial charge on any atom is 0.255 e. The van der Waals surface area contributed by atoms with Crippen molar-refractivity contribution in [3.63, 3.8) is 0 Å². The lowest BCUT2D eigenvalue weighted by atomic mass is 10.0. The van der Waals surface area contributed by atoms with Gasteiger partial charge in [0.1, 0.15) is 0 Å². The van der Waals surface area contributed by atoms with E-state index < -0.39 is 0 Å². The second-order valence-electron chi connectivity index (χ2n) is 5.70. The van der Waals surface area contributed by atoms with Gasteiger partial charge in [-0.3, -0.25) is 4.79 Å². The van der Waals surface area contributed by atoms with Gasteiger partial charge in [-0.1, -0.05) is 30.4 Å². The Kier molecular flexibility index (Phi) is 4.46. The molecule has 0 aromatic heterocycles. The number of likely N-dealkylation sites (tertiary alicyclic amines) is 1. The Morgan fingerprint density at radius 1 is 1.45 bits per heavy atom. The molecule has 106 valence electrons. The standard InChI is InChI=1S/C17H22N2O/c1-12-6-7-15(5-4-8-18)16(10-12)17(20)19-11-13(2)9-14(19)3/h6-7,10,13-14H,8-9,11,18H2,1-3H3. The SMILES string of the molecule is Cc1ccc(C#CCN)c(C(=O)N2CC(C)CC2C)c1. The highest BCUT2D eigenvalue weighted by Gasteiger charge is 2.31. The Labute approximate surface area is 121 Å². The van der Waals surface area contributed by atoms with Gasteiger partial charge in [-0.2, -0.15) is 0 Å². The van der Waals surface area contributed by atoms with Crippen molar-refractivity contribution >= 4 is 5.91 Å². The number of carbonyl (C=O) groups excluding carboxylic acids is 1. The number of carbonyl (C=O) groups is 1. The summed E-state index contributed by atoms with van der Waals surface area (Å²) in [6.45, 7) is 7.43. The third-order valence-corrected chi connectivity index (χ3v) is 3.78. The number of amides is 1. The molecule has 1 fully saturated rings. The van der Waals surface area contributed by atoms with E-state index in [1.807, 2.05) is 30.0 Å². The normalized spacial score (nSPS) is 21.5. The molecule has 0 radical (unpaired) electrons. The monoisotopic (exact) mass is 270 g/mol. The minimum Gasteiger partial charge on any atom is -0.336 e. The fourth-order valence-electron chi connectivity index (χ4n) is 2.83. The molecule has 0 saturated carbocycles.